The van der Waals surface area contributed by atoms with E-state index in [9.17, 15) is 0 Å². The van der Waals surface area contributed by atoms with Crippen molar-refractivity contribution in [2.45, 2.75) is 32.4 Å². The summed E-state index contributed by atoms with van der Waals surface area (Å²) >= 11 is 0. The van der Waals surface area contributed by atoms with E-state index in [0.717, 1.165) is 23.5 Å². The molecule has 0 aromatic heterocycles. The minimum atomic E-state index is 0.0475. The van der Waals surface area contributed by atoms with Crippen molar-refractivity contribution >= 4 is 0 Å². The van der Waals surface area contributed by atoms with Crippen molar-refractivity contribution in [3.63, 3.8) is 0 Å². The summed E-state index contributed by atoms with van der Waals surface area (Å²) in [5.74, 6) is 2.22. The number of hydrogen-bond acceptors (Lipinski definition) is 3. The molecule has 0 saturated carbocycles. The minimum absolute atomic E-state index is 0.0475. The summed E-state index contributed by atoms with van der Waals surface area (Å²) < 4.78 is 11.1. The molecule has 2 rings (SSSR count). The van der Waals surface area contributed by atoms with Crippen molar-refractivity contribution in [3.8, 4) is 11.5 Å². The first-order chi connectivity index (χ1) is 7.61. The van der Waals surface area contributed by atoms with Crippen LogP contribution in [0.4, 0.5) is 0 Å². The van der Waals surface area contributed by atoms with Crippen molar-refractivity contribution in [2.24, 2.45) is 11.7 Å². The molecule has 1 aliphatic heterocycles. The number of benzene rings is 1. The van der Waals surface area contributed by atoms with Gasteiger partial charge in [-0.15, -0.1) is 0 Å². The lowest BCUT2D eigenvalue weighted by Gasteiger charge is -2.32. The Balaban J connectivity index is 2.30. The van der Waals surface area contributed by atoms with Gasteiger partial charge in [-0.1, -0.05) is 13.8 Å². The number of ether oxygens (including phenoxy) is 2. The van der Waals surface area contributed by atoms with E-state index in [4.69, 9.17) is 15.2 Å². The van der Waals surface area contributed by atoms with Gasteiger partial charge in [0, 0.05) is 18.0 Å². The van der Waals surface area contributed by atoms with Gasteiger partial charge in [0.1, 0.15) is 17.6 Å². The van der Waals surface area contributed by atoms with Crippen molar-refractivity contribution in [3.05, 3.63) is 23.8 Å². The lowest BCUT2D eigenvalue weighted by atomic mass is 9.92. The lowest BCUT2D eigenvalue weighted by Crippen LogP contribution is -2.33. The molecule has 3 heteroatoms. The maximum atomic E-state index is 6.16. The largest absolute Gasteiger partial charge is 0.497 e. The van der Waals surface area contributed by atoms with Crippen LogP contribution >= 0.6 is 0 Å². The van der Waals surface area contributed by atoms with Gasteiger partial charge in [0.15, 0.2) is 0 Å². The number of fused-ring (bicyclic) bond motifs is 1. The third-order valence-corrected chi connectivity index (χ3v) is 3.12. The average Bonchev–Trinajstić information content (AvgIpc) is 2.28. The standard InChI is InChI=1S/C13H19NO2/c1-8(2)13-7-11(14)10-6-9(15-3)4-5-12(10)16-13/h4-6,8,11,13H,7,14H2,1-3H3/t11-,13?/m1/s1. The topological polar surface area (TPSA) is 44.5 Å². The van der Waals surface area contributed by atoms with E-state index in [1.165, 1.54) is 0 Å². The van der Waals surface area contributed by atoms with Crippen LogP contribution in [0.3, 0.4) is 0 Å². The maximum absolute atomic E-state index is 6.16. The first kappa shape index (κ1) is 11.3. The van der Waals surface area contributed by atoms with Crippen LogP contribution in [-0.4, -0.2) is 13.2 Å². The molecule has 1 heterocycles. The number of nitrogens with two attached hydrogens (primary N) is 1. The van der Waals surface area contributed by atoms with Gasteiger partial charge in [-0.25, -0.2) is 0 Å². The highest BCUT2D eigenvalue weighted by atomic mass is 16.5. The van der Waals surface area contributed by atoms with Crippen LogP contribution in [0.1, 0.15) is 31.9 Å². The van der Waals surface area contributed by atoms with Crippen molar-refractivity contribution < 1.29 is 9.47 Å². The molecule has 0 amide bonds. The summed E-state index contributed by atoms with van der Waals surface area (Å²) in [6.45, 7) is 4.32. The monoisotopic (exact) mass is 221 g/mol. The average molecular weight is 221 g/mol. The van der Waals surface area contributed by atoms with Crippen LogP contribution in [-0.2, 0) is 0 Å². The Morgan fingerprint density at radius 3 is 2.81 bits per heavy atom. The quantitative estimate of drug-likeness (QED) is 0.834. The number of methoxy groups -OCH3 is 1. The number of hydrogen-bond donors (Lipinski definition) is 1. The molecular weight excluding hydrogens is 202 g/mol. The summed E-state index contributed by atoms with van der Waals surface area (Å²) in [7, 11) is 1.66. The lowest BCUT2D eigenvalue weighted by molar-refractivity contribution is 0.115. The van der Waals surface area contributed by atoms with E-state index in [1.807, 2.05) is 18.2 Å². The zero-order valence-electron chi connectivity index (χ0n) is 10.1. The second kappa shape index (κ2) is 4.34. The molecule has 3 nitrogen and oxygen atoms in total. The Hall–Kier alpha value is -1.22. The molecule has 0 aliphatic carbocycles. The molecule has 0 spiro atoms. The Morgan fingerprint density at radius 1 is 1.44 bits per heavy atom. The molecule has 2 atom stereocenters. The summed E-state index contributed by atoms with van der Waals surface area (Å²) in [5.41, 5.74) is 7.21. The van der Waals surface area contributed by atoms with Gasteiger partial charge >= 0.3 is 0 Å². The highest BCUT2D eigenvalue weighted by Gasteiger charge is 2.28. The second-order valence-electron chi connectivity index (χ2n) is 4.65. The smallest absolute Gasteiger partial charge is 0.124 e. The third kappa shape index (κ3) is 2.00. The first-order valence-corrected chi connectivity index (χ1v) is 5.72. The van der Waals surface area contributed by atoms with Gasteiger partial charge in [0.2, 0.25) is 0 Å². The molecule has 2 N–H and O–H groups in total. The second-order valence-corrected chi connectivity index (χ2v) is 4.65. The number of rotatable bonds is 2. The highest BCUT2D eigenvalue weighted by Crippen LogP contribution is 2.37. The van der Waals surface area contributed by atoms with E-state index < -0.39 is 0 Å². The van der Waals surface area contributed by atoms with Gasteiger partial charge in [-0.05, 0) is 24.1 Å². The van der Waals surface area contributed by atoms with Crippen LogP contribution in [0.5, 0.6) is 11.5 Å². The molecule has 0 bridgehead atoms. The Labute approximate surface area is 96.5 Å². The van der Waals surface area contributed by atoms with Gasteiger partial charge in [-0.2, -0.15) is 0 Å². The van der Waals surface area contributed by atoms with Crippen LogP contribution in [0.2, 0.25) is 0 Å². The summed E-state index contributed by atoms with van der Waals surface area (Å²) in [6, 6.07) is 5.87. The Kier molecular flexibility index (Phi) is 3.06. The van der Waals surface area contributed by atoms with E-state index in [-0.39, 0.29) is 12.1 Å². The molecule has 16 heavy (non-hydrogen) atoms. The van der Waals surface area contributed by atoms with Crippen LogP contribution in [0.25, 0.3) is 0 Å². The fourth-order valence-corrected chi connectivity index (χ4v) is 2.05. The molecule has 1 aromatic rings. The molecule has 0 saturated heterocycles. The van der Waals surface area contributed by atoms with Crippen molar-refractivity contribution in [1.82, 2.24) is 0 Å². The summed E-state index contributed by atoms with van der Waals surface area (Å²) in [5, 5.41) is 0. The van der Waals surface area contributed by atoms with E-state index in [0.29, 0.717) is 5.92 Å². The highest BCUT2D eigenvalue weighted by molar-refractivity contribution is 5.43. The summed E-state index contributed by atoms with van der Waals surface area (Å²) in [4.78, 5) is 0. The zero-order chi connectivity index (χ0) is 11.7. The van der Waals surface area contributed by atoms with E-state index >= 15 is 0 Å². The van der Waals surface area contributed by atoms with Crippen LogP contribution < -0.4 is 15.2 Å². The van der Waals surface area contributed by atoms with Gasteiger partial charge < -0.3 is 15.2 Å². The predicted octanol–water partition coefficient (Wildman–Crippen LogP) is 2.50. The minimum Gasteiger partial charge on any atom is -0.497 e. The SMILES string of the molecule is COc1ccc2c(c1)[C@H](N)CC(C(C)C)O2. The van der Waals surface area contributed by atoms with E-state index in [2.05, 4.69) is 13.8 Å². The zero-order valence-corrected chi connectivity index (χ0v) is 10.1. The molecule has 1 aliphatic rings. The maximum Gasteiger partial charge on any atom is 0.124 e. The molecule has 1 aromatic carbocycles. The fraction of sp³-hybridized carbons (Fsp3) is 0.538. The van der Waals surface area contributed by atoms with Crippen LogP contribution in [0.15, 0.2) is 18.2 Å². The van der Waals surface area contributed by atoms with Gasteiger partial charge in [-0.3, -0.25) is 0 Å². The van der Waals surface area contributed by atoms with Crippen molar-refractivity contribution in [2.75, 3.05) is 7.11 Å². The molecule has 0 fully saturated rings. The molecule has 88 valence electrons. The normalized spacial score (nSPS) is 23.8. The Morgan fingerprint density at radius 2 is 2.19 bits per heavy atom. The summed E-state index contributed by atoms with van der Waals surface area (Å²) in [6.07, 6.45) is 1.09. The van der Waals surface area contributed by atoms with Crippen molar-refractivity contribution in [1.29, 1.82) is 0 Å². The van der Waals surface area contributed by atoms with Gasteiger partial charge in [0.25, 0.3) is 0 Å². The van der Waals surface area contributed by atoms with E-state index in [1.54, 1.807) is 7.11 Å². The Bertz CT molecular complexity index is 376. The molecule has 1 unspecified atom stereocenters. The molecule has 0 radical (unpaired) electrons. The third-order valence-electron chi connectivity index (χ3n) is 3.12. The first-order valence-electron chi connectivity index (χ1n) is 5.72. The predicted molar refractivity (Wildman–Crippen MR) is 63.8 cm³/mol. The molecular formula is C13H19NO2. The fourth-order valence-electron chi connectivity index (χ4n) is 2.05. The van der Waals surface area contributed by atoms with Crippen LogP contribution in [0, 0.1) is 5.92 Å². The van der Waals surface area contributed by atoms with Gasteiger partial charge in [0.05, 0.1) is 7.11 Å².